The average Bonchev–Trinajstić information content (AvgIpc) is 2.76. The molecule has 0 aromatic heterocycles. The molecule has 5 nitrogen and oxygen atoms in total. The Balaban J connectivity index is 1.95. The van der Waals surface area contributed by atoms with Crippen LogP contribution in [0.25, 0.3) is 11.1 Å². The molecule has 0 radical (unpaired) electrons. The van der Waals surface area contributed by atoms with Crippen molar-refractivity contribution in [1.29, 1.82) is 0 Å². The molecule has 1 atom stereocenters. The van der Waals surface area contributed by atoms with Gasteiger partial charge in [-0.2, -0.15) is 0 Å². The highest BCUT2D eigenvalue weighted by molar-refractivity contribution is 5.72. The summed E-state index contributed by atoms with van der Waals surface area (Å²) in [6.07, 6.45) is -2.76. The molecule has 0 spiro atoms. The van der Waals surface area contributed by atoms with Gasteiger partial charge in [-0.25, -0.2) is 13.2 Å². The third-order valence-corrected chi connectivity index (χ3v) is 4.99. The molecule has 33 heavy (non-hydrogen) atoms. The number of carboxylic acid groups (broad SMARTS) is 1. The molecule has 0 amide bonds. The quantitative estimate of drug-likeness (QED) is 0.379. The number of hydrogen-bond acceptors (Lipinski definition) is 4. The zero-order chi connectivity index (χ0) is 24.0. The number of carbonyl (C=O) groups is 1. The molecule has 0 heterocycles. The van der Waals surface area contributed by atoms with Crippen molar-refractivity contribution in [2.24, 2.45) is 5.73 Å². The highest BCUT2D eigenvalue weighted by Crippen LogP contribution is 2.31. The molecular weight excluding hydrogens is 433 g/mol. The van der Waals surface area contributed by atoms with Gasteiger partial charge in [0.25, 0.3) is 6.43 Å². The third-order valence-electron chi connectivity index (χ3n) is 4.99. The van der Waals surface area contributed by atoms with Gasteiger partial charge in [-0.15, -0.1) is 0 Å². The minimum atomic E-state index is -2.56. The van der Waals surface area contributed by atoms with Crippen molar-refractivity contribution in [3.05, 3.63) is 83.2 Å². The number of rotatable bonds is 10. The van der Waals surface area contributed by atoms with Crippen LogP contribution in [0.2, 0.25) is 0 Å². The van der Waals surface area contributed by atoms with Crippen molar-refractivity contribution in [1.82, 2.24) is 0 Å². The normalized spacial score (nSPS) is 11.9. The van der Waals surface area contributed by atoms with E-state index in [0.717, 1.165) is 0 Å². The first-order valence-corrected chi connectivity index (χ1v) is 10.4. The topological polar surface area (TPSA) is 84.6 Å². The minimum Gasteiger partial charge on any atom is -0.489 e. The van der Waals surface area contributed by atoms with Crippen molar-refractivity contribution in [3.63, 3.8) is 0 Å². The highest BCUT2D eigenvalue weighted by Gasteiger charge is 2.15. The number of alkyl halides is 2. The van der Waals surface area contributed by atoms with Crippen LogP contribution < -0.4 is 15.8 Å². The monoisotopic (exact) mass is 458 g/mol. The maximum absolute atomic E-state index is 15.1. The number of halogens is 3. The van der Waals surface area contributed by atoms with Crippen LogP contribution in [-0.2, 0) is 17.8 Å². The van der Waals surface area contributed by atoms with Crippen molar-refractivity contribution >= 4 is 11.7 Å². The second kappa shape index (κ2) is 10.9. The zero-order valence-corrected chi connectivity index (χ0v) is 18.0. The van der Waals surface area contributed by atoms with Gasteiger partial charge in [0.15, 0.2) is 0 Å². The van der Waals surface area contributed by atoms with Crippen LogP contribution in [0, 0.1) is 5.82 Å². The van der Waals surface area contributed by atoms with E-state index in [0.29, 0.717) is 33.7 Å². The van der Waals surface area contributed by atoms with Crippen LogP contribution in [0.3, 0.4) is 0 Å². The van der Waals surface area contributed by atoms with Crippen LogP contribution in [-0.4, -0.2) is 24.0 Å². The van der Waals surface area contributed by atoms with Crippen LogP contribution in [0.4, 0.5) is 18.9 Å². The fraction of sp³-hybridized carbons (Fsp3) is 0.240. The Morgan fingerprint density at radius 3 is 2.58 bits per heavy atom. The summed E-state index contributed by atoms with van der Waals surface area (Å²) < 4.78 is 46.5. The van der Waals surface area contributed by atoms with Gasteiger partial charge >= 0.3 is 5.97 Å². The molecular formula is C25H25F3N2O3. The average molecular weight is 458 g/mol. The number of carboxylic acids is 1. The lowest BCUT2D eigenvalue weighted by Crippen LogP contribution is -2.11. The predicted octanol–water partition coefficient (Wildman–Crippen LogP) is 5.40. The zero-order valence-electron chi connectivity index (χ0n) is 18.0. The van der Waals surface area contributed by atoms with Crippen molar-refractivity contribution < 1.29 is 27.8 Å². The molecule has 174 valence electrons. The molecule has 0 aliphatic rings. The molecule has 1 unspecified atom stereocenters. The molecule has 0 aliphatic heterocycles. The SMILES string of the molecule is CC(N)c1cccc(-c2cc(COc3ccccc3CC(=O)O)cc(NCC(F)F)c2)c1F. The molecule has 0 fully saturated rings. The highest BCUT2D eigenvalue weighted by atomic mass is 19.3. The molecule has 8 heteroatoms. The number of nitrogens with two attached hydrogens (primary N) is 1. The van der Waals surface area contributed by atoms with Gasteiger partial charge in [0, 0.05) is 28.4 Å². The summed E-state index contributed by atoms with van der Waals surface area (Å²) in [5.41, 5.74) is 8.47. The summed E-state index contributed by atoms with van der Waals surface area (Å²) >= 11 is 0. The summed E-state index contributed by atoms with van der Waals surface area (Å²) in [5, 5.41) is 11.8. The first-order valence-electron chi connectivity index (χ1n) is 10.4. The third kappa shape index (κ3) is 6.49. The van der Waals surface area contributed by atoms with E-state index in [-0.39, 0.29) is 18.6 Å². The molecule has 0 saturated carbocycles. The van der Waals surface area contributed by atoms with Crippen molar-refractivity contribution in [2.75, 3.05) is 11.9 Å². The Morgan fingerprint density at radius 1 is 1.12 bits per heavy atom. The Labute approximate surface area is 190 Å². The van der Waals surface area contributed by atoms with E-state index in [1.807, 2.05) is 0 Å². The Kier molecular flexibility index (Phi) is 7.95. The van der Waals surface area contributed by atoms with E-state index in [1.54, 1.807) is 67.6 Å². The number of anilines is 1. The van der Waals surface area contributed by atoms with Crippen LogP contribution in [0.15, 0.2) is 60.7 Å². The van der Waals surface area contributed by atoms with Gasteiger partial charge in [-0.1, -0.05) is 36.4 Å². The second-order valence-corrected chi connectivity index (χ2v) is 7.65. The number of ether oxygens (including phenoxy) is 1. The number of hydrogen-bond donors (Lipinski definition) is 3. The summed E-state index contributed by atoms with van der Waals surface area (Å²) in [6.45, 7) is 1.15. The van der Waals surface area contributed by atoms with Crippen LogP contribution >= 0.6 is 0 Å². The smallest absolute Gasteiger partial charge is 0.307 e. The summed E-state index contributed by atoms with van der Waals surface area (Å²) in [5.74, 6) is -1.06. The molecule has 0 bridgehead atoms. The van der Waals surface area contributed by atoms with E-state index >= 15 is 4.39 Å². The Bertz CT molecular complexity index is 1120. The largest absolute Gasteiger partial charge is 0.489 e. The number of aliphatic carboxylic acids is 1. The minimum absolute atomic E-state index is 0.0302. The molecule has 3 aromatic rings. The predicted molar refractivity (Wildman–Crippen MR) is 121 cm³/mol. The maximum Gasteiger partial charge on any atom is 0.307 e. The summed E-state index contributed by atoms with van der Waals surface area (Å²) in [4.78, 5) is 11.1. The Hall–Kier alpha value is -3.52. The Morgan fingerprint density at radius 2 is 1.88 bits per heavy atom. The standard InChI is InChI=1S/C25H25F3N2O3/c1-15(29)20-6-4-7-21(25(20)28)18-9-16(10-19(11-18)30-13-23(26)27)14-33-22-8-3-2-5-17(22)12-24(31)32/h2-11,15,23,30H,12-14,29H2,1H3,(H,31,32). The first kappa shape index (κ1) is 24.1. The molecule has 0 saturated heterocycles. The lowest BCUT2D eigenvalue weighted by molar-refractivity contribution is -0.136. The maximum atomic E-state index is 15.1. The summed E-state index contributed by atoms with van der Waals surface area (Å²) in [7, 11) is 0. The fourth-order valence-electron chi connectivity index (χ4n) is 3.47. The van der Waals surface area contributed by atoms with E-state index < -0.39 is 30.8 Å². The number of nitrogens with one attached hydrogen (secondary N) is 1. The van der Waals surface area contributed by atoms with E-state index in [2.05, 4.69) is 5.32 Å². The van der Waals surface area contributed by atoms with Gasteiger partial charge < -0.3 is 20.9 Å². The molecule has 3 rings (SSSR count). The lowest BCUT2D eigenvalue weighted by Gasteiger charge is -2.16. The van der Waals surface area contributed by atoms with Gasteiger partial charge in [0.1, 0.15) is 18.2 Å². The fourth-order valence-corrected chi connectivity index (χ4v) is 3.47. The van der Waals surface area contributed by atoms with Crippen LogP contribution in [0.5, 0.6) is 5.75 Å². The lowest BCUT2D eigenvalue weighted by atomic mass is 9.97. The molecule has 3 aromatic carbocycles. The molecule has 0 aliphatic carbocycles. The number of para-hydroxylation sites is 1. The van der Waals surface area contributed by atoms with Gasteiger partial charge in [0.2, 0.25) is 0 Å². The van der Waals surface area contributed by atoms with E-state index in [1.165, 1.54) is 0 Å². The van der Waals surface area contributed by atoms with Crippen molar-refractivity contribution in [3.8, 4) is 16.9 Å². The number of benzene rings is 3. The van der Waals surface area contributed by atoms with Gasteiger partial charge in [-0.3, -0.25) is 4.79 Å². The summed E-state index contributed by atoms with van der Waals surface area (Å²) in [6, 6.07) is 16.1. The molecule has 4 N–H and O–H groups in total. The van der Waals surface area contributed by atoms with Crippen LogP contribution in [0.1, 0.15) is 29.7 Å². The van der Waals surface area contributed by atoms with Gasteiger partial charge in [-0.05, 0) is 42.3 Å². The van der Waals surface area contributed by atoms with Gasteiger partial charge in [0.05, 0.1) is 13.0 Å². The van der Waals surface area contributed by atoms with E-state index in [4.69, 9.17) is 15.6 Å². The van der Waals surface area contributed by atoms with E-state index in [9.17, 15) is 13.6 Å². The first-order chi connectivity index (χ1) is 15.7. The second-order valence-electron chi connectivity index (χ2n) is 7.65. The van der Waals surface area contributed by atoms with Crippen molar-refractivity contribution in [2.45, 2.75) is 32.4 Å².